The van der Waals surface area contributed by atoms with Crippen molar-refractivity contribution in [3.05, 3.63) is 60.5 Å². The van der Waals surface area contributed by atoms with Gasteiger partial charge in [-0.15, -0.1) is 10.2 Å². The molecule has 2 aromatic carbocycles. The van der Waals surface area contributed by atoms with E-state index >= 15 is 0 Å². The Hall–Kier alpha value is -3.24. The Balaban J connectivity index is 1.29. The van der Waals surface area contributed by atoms with E-state index in [9.17, 15) is 13.2 Å². The average molecular weight is 442 g/mol. The van der Waals surface area contributed by atoms with Crippen LogP contribution in [0.4, 0.5) is 0 Å². The summed E-state index contributed by atoms with van der Waals surface area (Å²) in [6, 6.07) is 13.7. The summed E-state index contributed by atoms with van der Waals surface area (Å²) in [4.78, 5) is 14.4. The van der Waals surface area contributed by atoms with Gasteiger partial charge in [-0.2, -0.15) is 4.31 Å². The molecule has 1 aliphatic heterocycles. The Bertz CT molecular complexity index is 1120. The number of aromatic nitrogens is 2. The third kappa shape index (κ3) is 4.75. The molecule has 2 heterocycles. The standard InChI is InChI=1S/C21H22N4O5S/c1-16-2-8-19(9-3-16)31(27,28)25-12-10-24(11-13-25)20(26)14-29-18-6-4-17(5-7-18)21-23-22-15-30-21/h2-9,15H,10-14H2,1H3. The molecule has 162 valence electrons. The second kappa shape index (κ2) is 8.86. The molecule has 0 bridgehead atoms. The molecule has 1 aliphatic rings. The normalized spacial score (nSPS) is 15.1. The molecule has 0 spiro atoms. The van der Waals surface area contributed by atoms with Gasteiger partial charge in [0.2, 0.25) is 22.3 Å². The molecule has 0 N–H and O–H groups in total. The van der Waals surface area contributed by atoms with Crippen molar-refractivity contribution in [3.8, 4) is 17.2 Å². The van der Waals surface area contributed by atoms with Crippen LogP contribution in [0.2, 0.25) is 0 Å². The van der Waals surface area contributed by atoms with Crippen molar-refractivity contribution < 1.29 is 22.4 Å². The second-order valence-corrected chi connectivity index (χ2v) is 9.09. The van der Waals surface area contributed by atoms with Crippen LogP contribution in [0, 0.1) is 6.92 Å². The van der Waals surface area contributed by atoms with Crippen LogP contribution in [0.3, 0.4) is 0 Å². The predicted octanol–water partition coefficient (Wildman–Crippen LogP) is 1.96. The van der Waals surface area contributed by atoms with Gasteiger partial charge in [0, 0.05) is 31.7 Å². The highest BCUT2D eigenvalue weighted by atomic mass is 32.2. The quantitative estimate of drug-likeness (QED) is 0.574. The van der Waals surface area contributed by atoms with Gasteiger partial charge in [0.1, 0.15) is 5.75 Å². The number of carbonyl (C=O) groups excluding carboxylic acids is 1. The van der Waals surface area contributed by atoms with Crippen LogP contribution in [0.5, 0.6) is 5.75 Å². The van der Waals surface area contributed by atoms with Crippen molar-refractivity contribution in [2.75, 3.05) is 32.8 Å². The van der Waals surface area contributed by atoms with Crippen molar-refractivity contribution in [3.63, 3.8) is 0 Å². The van der Waals surface area contributed by atoms with Crippen molar-refractivity contribution in [1.29, 1.82) is 0 Å². The van der Waals surface area contributed by atoms with E-state index in [1.807, 2.05) is 6.92 Å². The number of rotatable bonds is 6. The first kappa shape index (κ1) is 21.0. The summed E-state index contributed by atoms with van der Waals surface area (Å²) < 4.78 is 37.7. The summed E-state index contributed by atoms with van der Waals surface area (Å²) in [6.45, 7) is 2.93. The fraction of sp³-hybridized carbons (Fsp3) is 0.286. The smallest absolute Gasteiger partial charge is 0.260 e. The van der Waals surface area contributed by atoms with E-state index in [0.29, 0.717) is 24.7 Å². The second-order valence-electron chi connectivity index (χ2n) is 7.15. The van der Waals surface area contributed by atoms with Gasteiger partial charge in [-0.3, -0.25) is 4.79 Å². The lowest BCUT2D eigenvalue weighted by atomic mass is 10.2. The van der Waals surface area contributed by atoms with Crippen LogP contribution in [-0.2, 0) is 14.8 Å². The van der Waals surface area contributed by atoms with Gasteiger partial charge < -0.3 is 14.1 Å². The van der Waals surface area contributed by atoms with E-state index in [2.05, 4.69) is 10.2 Å². The van der Waals surface area contributed by atoms with Crippen molar-refractivity contribution in [1.82, 2.24) is 19.4 Å². The van der Waals surface area contributed by atoms with E-state index in [4.69, 9.17) is 9.15 Å². The van der Waals surface area contributed by atoms with Crippen molar-refractivity contribution >= 4 is 15.9 Å². The minimum atomic E-state index is -3.56. The highest BCUT2D eigenvalue weighted by Gasteiger charge is 2.30. The van der Waals surface area contributed by atoms with Gasteiger partial charge >= 0.3 is 0 Å². The van der Waals surface area contributed by atoms with E-state index < -0.39 is 10.0 Å². The molecule has 4 rings (SSSR count). The van der Waals surface area contributed by atoms with Crippen LogP contribution in [0.1, 0.15) is 5.56 Å². The highest BCUT2D eigenvalue weighted by molar-refractivity contribution is 7.89. The average Bonchev–Trinajstić information content (AvgIpc) is 3.33. The number of hydrogen-bond donors (Lipinski definition) is 0. The number of ether oxygens (including phenoxy) is 1. The van der Waals surface area contributed by atoms with Crippen molar-refractivity contribution in [2.45, 2.75) is 11.8 Å². The Morgan fingerprint density at radius 2 is 1.71 bits per heavy atom. The first-order chi connectivity index (χ1) is 14.9. The van der Waals surface area contributed by atoms with Gasteiger partial charge in [0.15, 0.2) is 6.61 Å². The summed E-state index contributed by atoms with van der Waals surface area (Å²) in [5, 5.41) is 7.47. The van der Waals surface area contributed by atoms with Gasteiger partial charge in [-0.05, 0) is 43.3 Å². The maximum Gasteiger partial charge on any atom is 0.260 e. The zero-order chi connectivity index (χ0) is 21.8. The van der Waals surface area contributed by atoms with E-state index in [1.54, 1.807) is 53.4 Å². The number of aryl methyl sites for hydroxylation is 1. The number of sulfonamides is 1. The van der Waals surface area contributed by atoms with Gasteiger partial charge in [-0.25, -0.2) is 8.42 Å². The number of hydrogen-bond acceptors (Lipinski definition) is 7. The molecular weight excluding hydrogens is 420 g/mol. The fourth-order valence-electron chi connectivity index (χ4n) is 3.27. The maximum absolute atomic E-state index is 12.8. The minimum absolute atomic E-state index is 0.120. The first-order valence-electron chi connectivity index (χ1n) is 9.77. The molecule has 1 amide bonds. The summed E-state index contributed by atoms with van der Waals surface area (Å²) >= 11 is 0. The first-order valence-corrected chi connectivity index (χ1v) is 11.2. The Labute approximate surface area is 180 Å². The van der Waals surface area contributed by atoms with Crippen LogP contribution in [0.25, 0.3) is 11.5 Å². The molecule has 0 radical (unpaired) electrons. The van der Waals surface area contributed by atoms with Crippen LogP contribution >= 0.6 is 0 Å². The molecule has 1 fully saturated rings. The van der Waals surface area contributed by atoms with E-state index in [0.717, 1.165) is 11.1 Å². The highest BCUT2D eigenvalue weighted by Crippen LogP contribution is 2.21. The number of carbonyl (C=O) groups is 1. The van der Waals surface area contributed by atoms with E-state index in [-0.39, 0.29) is 30.5 Å². The largest absolute Gasteiger partial charge is 0.484 e. The molecule has 0 aliphatic carbocycles. The Morgan fingerprint density at radius 1 is 1.03 bits per heavy atom. The lowest BCUT2D eigenvalue weighted by Gasteiger charge is -2.34. The van der Waals surface area contributed by atoms with E-state index in [1.165, 1.54) is 10.7 Å². The summed E-state index contributed by atoms with van der Waals surface area (Å²) in [6.07, 6.45) is 1.25. The molecule has 31 heavy (non-hydrogen) atoms. The predicted molar refractivity (Wildman–Crippen MR) is 112 cm³/mol. The van der Waals surface area contributed by atoms with Crippen LogP contribution in [-0.4, -0.2) is 66.5 Å². The number of benzene rings is 2. The molecule has 3 aromatic rings. The van der Waals surface area contributed by atoms with Gasteiger partial charge in [-0.1, -0.05) is 17.7 Å². The fourth-order valence-corrected chi connectivity index (χ4v) is 4.69. The van der Waals surface area contributed by atoms with Crippen molar-refractivity contribution in [2.24, 2.45) is 0 Å². The molecule has 1 saturated heterocycles. The molecule has 0 unspecified atom stereocenters. The Kier molecular flexibility index (Phi) is 6.01. The number of piperazine rings is 1. The number of nitrogens with zero attached hydrogens (tertiary/aromatic N) is 4. The summed E-state index contributed by atoms with van der Waals surface area (Å²) in [5.41, 5.74) is 1.75. The summed E-state index contributed by atoms with van der Waals surface area (Å²) in [5.74, 6) is 0.756. The minimum Gasteiger partial charge on any atom is -0.484 e. The third-order valence-corrected chi connectivity index (χ3v) is 6.99. The Morgan fingerprint density at radius 3 is 2.32 bits per heavy atom. The topological polar surface area (TPSA) is 106 Å². The number of amides is 1. The van der Waals surface area contributed by atoms with Crippen LogP contribution in [0.15, 0.2) is 64.2 Å². The maximum atomic E-state index is 12.8. The molecule has 1 aromatic heterocycles. The molecule has 0 saturated carbocycles. The zero-order valence-corrected chi connectivity index (χ0v) is 17.8. The molecule has 0 atom stereocenters. The SMILES string of the molecule is Cc1ccc(S(=O)(=O)N2CCN(C(=O)COc3ccc(-c4nnco4)cc3)CC2)cc1. The molecule has 9 nitrogen and oxygen atoms in total. The zero-order valence-electron chi connectivity index (χ0n) is 17.0. The lowest BCUT2D eigenvalue weighted by molar-refractivity contribution is -0.134. The van der Waals surface area contributed by atoms with Gasteiger partial charge in [0.05, 0.1) is 4.90 Å². The van der Waals surface area contributed by atoms with Crippen LogP contribution < -0.4 is 4.74 Å². The monoisotopic (exact) mass is 442 g/mol. The summed E-state index contributed by atoms with van der Waals surface area (Å²) in [7, 11) is -3.56. The molecular formula is C21H22N4O5S. The molecule has 10 heteroatoms. The third-order valence-electron chi connectivity index (χ3n) is 5.07. The lowest BCUT2D eigenvalue weighted by Crippen LogP contribution is -2.51. The van der Waals surface area contributed by atoms with Gasteiger partial charge in [0.25, 0.3) is 5.91 Å².